The first-order valence-electron chi connectivity index (χ1n) is 7.58. The fourth-order valence-electron chi connectivity index (χ4n) is 2.44. The lowest BCUT2D eigenvalue weighted by atomic mass is 10.1. The average Bonchev–Trinajstić information content (AvgIpc) is 3.07. The van der Waals surface area contributed by atoms with Gasteiger partial charge in [0.05, 0.1) is 6.61 Å². The summed E-state index contributed by atoms with van der Waals surface area (Å²) >= 11 is 0. The van der Waals surface area contributed by atoms with Crippen molar-refractivity contribution in [2.75, 3.05) is 31.6 Å². The molecule has 1 heterocycles. The van der Waals surface area contributed by atoms with Crippen LogP contribution >= 0.6 is 0 Å². The fourth-order valence-corrected chi connectivity index (χ4v) is 2.44. The molecule has 1 fully saturated rings. The summed E-state index contributed by atoms with van der Waals surface area (Å²) in [4.78, 5) is 25.9. The summed E-state index contributed by atoms with van der Waals surface area (Å²) in [7, 11) is 0. The molecular weight excluding hydrogens is 284 g/mol. The highest BCUT2D eigenvalue weighted by atomic mass is 16.5. The van der Waals surface area contributed by atoms with Crippen LogP contribution in [0.3, 0.4) is 0 Å². The predicted molar refractivity (Wildman–Crippen MR) is 82.7 cm³/mol. The van der Waals surface area contributed by atoms with Crippen molar-refractivity contribution < 1.29 is 19.4 Å². The summed E-state index contributed by atoms with van der Waals surface area (Å²) in [5, 5.41) is 11.8. The summed E-state index contributed by atoms with van der Waals surface area (Å²) in [6.07, 6.45) is 1.22. The number of carbonyl (C=O) groups excluding carboxylic acids is 2. The van der Waals surface area contributed by atoms with E-state index < -0.39 is 6.10 Å². The van der Waals surface area contributed by atoms with Gasteiger partial charge in [-0.25, -0.2) is 0 Å². The summed E-state index contributed by atoms with van der Waals surface area (Å²) in [6, 6.07) is 6.82. The smallest absolute Gasteiger partial charge is 0.253 e. The van der Waals surface area contributed by atoms with Crippen LogP contribution in [0.5, 0.6) is 0 Å². The molecule has 6 heteroatoms. The van der Waals surface area contributed by atoms with Crippen molar-refractivity contribution in [1.29, 1.82) is 0 Å². The number of anilines is 1. The minimum Gasteiger partial charge on any atom is -0.395 e. The number of aliphatic hydroxyl groups excluding tert-OH is 1. The minimum absolute atomic E-state index is 0.0744. The van der Waals surface area contributed by atoms with Gasteiger partial charge in [-0.05, 0) is 38.0 Å². The number of benzene rings is 1. The number of nitrogens with zero attached hydrogens (tertiary/aromatic N) is 1. The van der Waals surface area contributed by atoms with Crippen LogP contribution in [0.15, 0.2) is 24.3 Å². The van der Waals surface area contributed by atoms with Crippen LogP contribution in [0.4, 0.5) is 5.69 Å². The van der Waals surface area contributed by atoms with Gasteiger partial charge in [0.25, 0.3) is 11.8 Å². The average molecular weight is 306 g/mol. The maximum atomic E-state index is 12.3. The normalized spacial score (nSPS) is 17.3. The largest absolute Gasteiger partial charge is 0.395 e. The maximum absolute atomic E-state index is 12.3. The number of hydrogen-bond donors (Lipinski definition) is 2. The molecule has 1 aliphatic heterocycles. The van der Waals surface area contributed by atoms with Crippen LogP contribution in [0.2, 0.25) is 0 Å². The van der Waals surface area contributed by atoms with Crippen molar-refractivity contribution >= 4 is 17.5 Å². The zero-order valence-electron chi connectivity index (χ0n) is 12.7. The summed E-state index contributed by atoms with van der Waals surface area (Å²) in [5.74, 6) is -0.338. The van der Waals surface area contributed by atoms with Crippen LogP contribution in [0.1, 0.15) is 30.1 Å². The molecule has 0 aromatic heterocycles. The standard InChI is InChI=1S/C16H22N2O4/c1-2-18(8-9-19)16(21)12-5-3-6-13(11-12)17-15(20)14-7-4-10-22-14/h3,5-6,11,14,19H,2,4,7-10H2,1H3,(H,17,20). The number of amides is 2. The van der Waals surface area contributed by atoms with E-state index in [9.17, 15) is 9.59 Å². The number of nitrogens with one attached hydrogen (secondary N) is 1. The Bertz CT molecular complexity index is 527. The number of ether oxygens (including phenoxy) is 1. The van der Waals surface area contributed by atoms with Gasteiger partial charge in [-0.3, -0.25) is 9.59 Å². The van der Waals surface area contributed by atoms with Crippen LogP contribution in [-0.4, -0.2) is 54.2 Å². The third-order valence-electron chi connectivity index (χ3n) is 3.64. The van der Waals surface area contributed by atoms with E-state index in [-0.39, 0.29) is 18.4 Å². The Morgan fingerprint density at radius 2 is 2.27 bits per heavy atom. The Morgan fingerprint density at radius 1 is 1.45 bits per heavy atom. The molecule has 1 aromatic carbocycles. The van der Waals surface area contributed by atoms with Gasteiger partial charge in [0.1, 0.15) is 6.10 Å². The zero-order chi connectivity index (χ0) is 15.9. The molecule has 0 spiro atoms. The monoisotopic (exact) mass is 306 g/mol. The van der Waals surface area contributed by atoms with E-state index in [1.54, 1.807) is 29.2 Å². The Hall–Kier alpha value is -1.92. The SMILES string of the molecule is CCN(CCO)C(=O)c1cccc(NC(=O)C2CCCO2)c1. The van der Waals surface area contributed by atoms with Gasteiger partial charge in [0.15, 0.2) is 0 Å². The second kappa shape index (κ2) is 7.91. The van der Waals surface area contributed by atoms with Crippen molar-refractivity contribution in [2.24, 2.45) is 0 Å². The van der Waals surface area contributed by atoms with E-state index >= 15 is 0 Å². The second-order valence-electron chi connectivity index (χ2n) is 5.18. The van der Waals surface area contributed by atoms with Crippen molar-refractivity contribution in [3.63, 3.8) is 0 Å². The van der Waals surface area contributed by atoms with Crippen molar-refractivity contribution in [2.45, 2.75) is 25.9 Å². The van der Waals surface area contributed by atoms with E-state index in [2.05, 4.69) is 5.32 Å². The first kappa shape index (κ1) is 16.5. The summed E-state index contributed by atoms with van der Waals surface area (Å²) in [5.41, 5.74) is 1.06. The summed E-state index contributed by atoms with van der Waals surface area (Å²) in [6.45, 7) is 3.21. The molecule has 1 atom stereocenters. The third kappa shape index (κ3) is 4.05. The molecule has 6 nitrogen and oxygen atoms in total. The van der Waals surface area contributed by atoms with Gasteiger partial charge in [0, 0.05) is 30.9 Å². The fraction of sp³-hybridized carbons (Fsp3) is 0.500. The molecule has 2 amide bonds. The van der Waals surface area contributed by atoms with Gasteiger partial charge in [-0.2, -0.15) is 0 Å². The number of aliphatic hydroxyl groups is 1. The lowest BCUT2D eigenvalue weighted by molar-refractivity contribution is -0.124. The number of hydrogen-bond acceptors (Lipinski definition) is 4. The molecule has 1 saturated heterocycles. The molecule has 1 unspecified atom stereocenters. The van der Waals surface area contributed by atoms with E-state index in [0.29, 0.717) is 30.9 Å². The molecule has 1 aromatic rings. The third-order valence-corrected chi connectivity index (χ3v) is 3.64. The van der Waals surface area contributed by atoms with Gasteiger partial charge in [-0.1, -0.05) is 6.07 Å². The molecule has 120 valence electrons. The Kier molecular flexibility index (Phi) is 5.91. The number of carbonyl (C=O) groups is 2. The van der Waals surface area contributed by atoms with Crippen molar-refractivity contribution in [3.05, 3.63) is 29.8 Å². The van der Waals surface area contributed by atoms with Crippen LogP contribution in [0, 0.1) is 0 Å². The maximum Gasteiger partial charge on any atom is 0.253 e. The lowest BCUT2D eigenvalue weighted by Gasteiger charge is -2.20. The first-order chi connectivity index (χ1) is 10.7. The van der Waals surface area contributed by atoms with E-state index in [0.717, 1.165) is 12.8 Å². The number of rotatable bonds is 6. The molecular formula is C16H22N2O4. The van der Waals surface area contributed by atoms with Gasteiger partial charge < -0.3 is 20.1 Å². The van der Waals surface area contributed by atoms with Crippen molar-refractivity contribution in [1.82, 2.24) is 4.90 Å². The lowest BCUT2D eigenvalue weighted by Crippen LogP contribution is -2.33. The Morgan fingerprint density at radius 3 is 2.91 bits per heavy atom. The molecule has 0 aliphatic carbocycles. The summed E-state index contributed by atoms with van der Waals surface area (Å²) < 4.78 is 5.34. The van der Waals surface area contributed by atoms with Gasteiger partial charge >= 0.3 is 0 Å². The first-order valence-corrected chi connectivity index (χ1v) is 7.58. The molecule has 2 rings (SSSR count). The van der Waals surface area contributed by atoms with Crippen LogP contribution < -0.4 is 5.32 Å². The van der Waals surface area contributed by atoms with Gasteiger partial charge in [-0.15, -0.1) is 0 Å². The molecule has 0 bridgehead atoms. The molecule has 22 heavy (non-hydrogen) atoms. The molecule has 2 N–H and O–H groups in total. The minimum atomic E-state index is -0.402. The highest BCUT2D eigenvalue weighted by Crippen LogP contribution is 2.17. The topological polar surface area (TPSA) is 78.9 Å². The van der Waals surface area contributed by atoms with Crippen LogP contribution in [0.25, 0.3) is 0 Å². The van der Waals surface area contributed by atoms with E-state index in [1.165, 1.54) is 0 Å². The van der Waals surface area contributed by atoms with Crippen LogP contribution in [-0.2, 0) is 9.53 Å². The molecule has 0 radical (unpaired) electrons. The van der Waals surface area contributed by atoms with Crippen molar-refractivity contribution in [3.8, 4) is 0 Å². The second-order valence-corrected chi connectivity index (χ2v) is 5.18. The predicted octanol–water partition coefficient (Wildman–Crippen LogP) is 1.26. The highest BCUT2D eigenvalue weighted by molar-refractivity contribution is 5.98. The number of likely N-dealkylation sites (N-methyl/N-ethyl adjacent to an activating group) is 1. The Labute approximate surface area is 130 Å². The van der Waals surface area contributed by atoms with Gasteiger partial charge in [0.2, 0.25) is 0 Å². The Balaban J connectivity index is 2.05. The highest BCUT2D eigenvalue weighted by Gasteiger charge is 2.23. The van der Waals surface area contributed by atoms with E-state index in [1.807, 2.05) is 6.92 Å². The zero-order valence-corrected chi connectivity index (χ0v) is 12.7. The molecule has 1 aliphatic rings. The quantitative estimate of drug-likeness (QED) is 0.829. The van der Waals surface area contributed by atoms with E-state index in [4.69, 9.17) is 9.84 Å². The molecule has 0 saturated carbocycles.